The van der Waals surface area contributed by atoms with Crippen molar-refractivity contribution >= 4 is 64.1 Å². The van der Waals surface area contributed by atoms with Crippen molar-refractivity contribution in [3.63, 3.8) is 0 Å². The van der Waals surface area contributed by atoms with E-state index in [4.69, 9.17) is 0 Å². The van der Waals surface area contributed by atoms with Crippen molar-refractivity contribution in [2.45, 2.75) is 135 Å². The number of aryl methyl sites for hydroxylation is 6. The summed E-state index contributed by atoms with van der Waals surface area (Å²) in [7, 11) is 0. The Morgan fingerprint density at radius 1 is 0.369 bits per heavy atom. The molecule has 646 valence electrons. The monoisotopic (exact) mass is 1710 g/mol. The Morgan fingerprint density at radius 2 is 0.697 bits per heavy atom. The van der Waals surface area contributed by atoms with Gasteiger partial charge in [0.15, 0.2) is 11.5 Å². The minimum Gasteiger partial charge on any atom is -0.393 e. The lowest BCUT2D eigenvalue weighted by atomic mass is 9.97. The highest BCUT2D eigenvalue weighted by Gasteiger charge is 2.50. The first-order valence-electron chi connectivity index (χ1n) is 38.2. The molecule has 3 fully saturated rings. The van der Waals surface area contributed by atoms with Crippen LogP contribution in [0.5, 0.6) is 0 Å². The number of carbonyl (C=O) groups is 7. The van der Waals surface area contributed by atoms with Gasteiger partial charge in [-0.25, -0.2) is 36.0 Å². The molecule has 0 unspecified atom stereocenters. The molecule has 2 aromatic heterocycles. The van der Waals surface area contributed by atoms with Crippen LogP contribution in [0.15, 0.2) is 158 Å². The third kappa shape index (κ3) is 21.8. The topological polar surface area (TPSA) is 285 Å². The van der Waals surface area contributed by atoms with E-state index in [9.17, 15) is 84.0 Å². The first-order valence-corrected chi connectivity index (χ1v) is 38.2. The van der Waals surface area contributed by atoms with Gasteiger partial charge in [-0.05, 0) is 241 Å². The normalized spacial score (nSPS) is 14.8. The van der Waals surface area contributed by atoms with Gasteiger partial charge in [0.05, 0.1) is 54.6 Å². The molecular weight excluding hydrogens is 1630 g/mol. The average molecular weight is 1710 g/mol. The molecule has 4 aliphatic rings. The number of anilines is 4. The summed E-state index contributed by atoms with van der Waals surface area (Å²) in [5, 5.41) is 46.0. The summed E-state index contributed by atoms with van der Waals surface area (Å²) in [5.41, 5.74) is -1.72. The van der Waals surface area contributed by atoms with Crippen LogP contribution in [0.25, 0.3) is 0 Å². The van der Waals surface area contributed by atoms with E-state index in [0.717, 1.165) is 57.2 Å². The number of piperidine rings is 3. The van der Waals surface area contributed by atoms with Crippen LogP contribution < -0.4 is 21.3 Å². The Morgan fingerprint density at radius 3 is 1.08 bits per heavy atom. The molecule has 4 aliphatic heterocycles. The molecule has 0 radical (unpaired) electrons. The van der Waals surface area contributed by atoms with Gasteiger partial charge in [0.2, 0.25) is 0 Å². The second-order valence-electron chi connectivity index (χ2n) is 29.6. The molecule has 0 bridgehead atoms. The van der Waals surface area contributed by atoms with Gasteiger partial charge >= 0.3 is 23.7 Å². The number of amides is 7. The van der Waals surface area contributed by atoms with Crippen LogP contribution >= 0.6 is 0 Å². The maximum Gasteiger partial charge on any atom is 0.352 e. The molecular formula is C86H84F14N12O10. The van der Waals surface area contributed by atoms with Crippen molar-refractivity contribution in [1.29, 1.82) is 0 Å². The zero-order valence-electron chi connectivity index (χ0n) is 66.5. The van der Waals surface area contributed by atoms with E-state index in [1.54, 1.807) is 13.8 Å². The summed E-state index contributed by atoms with van der Waals surface area (Å²) in [5.74, 6) is -27.3. The van der Waals surface area contributed by atoms with Crippen LogP contribution in [0.1, 0.15) is 142 Å². The van der Waals surface area contributed by atoms with E-state index in [1.165, 1.54) is 128 Å². The number of nitrogens with zero attached hydrogens (tertiary/aromatic N) is 8. The Labute approximate surface area is 690 Å². The highest BCUT2D eigenvalue weighted by atomic mass is 19.3. The number of hydrogen-bond donors (Lipinski definition) is 7. The highest BCUT2D eigenvalue weighted by Crippen LogP contribution is 2.41. The maximum absolute atomic E-state index is 15.0. The molecule has 0 atom stereocenters. The van der Waals surface area contributed by atoms with Crippen molar-refractivity contribution in [2.24, 2.45) is 0 Å². The molecule has 0 aliphatic carbocycles. The molecule has 7 amide bonds. The summed E-state index contributed by atoms with van der Waals surface area (Å²) in [6.45, 7) is 12.9. The van der Waals surface area contributed by atoms with Gasteiger partial charge in [-0.2, -0.15) is 35.1 Å². The number of hydrogen-bond acceptors (Lipinski definition) is 14. The number of likely N-dealkylation sites (tertiary alicyclic amines) is 3. The number of carbonyl (C=O) groups excluding carboxylic acids is 7. The summed E-state index contributed by atoms with van der Waals surface area (Å²) < 4.78 is 204. The lowest BCUT2D eigenvalue weighted by molar-refractivity contribution is -0.161. The summed E-state index contributed by atoms with van der Waals surface area (Å²) in [6, 6.07) is 27.3. The minimum absolute atomic E-state index is 0.0425. The predicted molar refractivity (Wildman–Crippen MR) is 420 cm³/mol. The number of halogens is 14. The molecule has 0 saturated carbocycles. The van der Waals surface area contributed by atoms with Crippen LogP contribution in [-0.4, -0.2) is 160 Å². The van der Waals surface area contributed by atoms with Gasteiger partial charge in [0, 0.05) is 96.4 Å². The lowest BCUT2D eigenvalue weighted by Crippen LogP contribution is -2.47. The van der Waals surface area contributed by atoms with Crippen LogP contribution in [0.2, 0.25) is 0 Å². The largest absolute Gasteiger partial charge is 0.393 e. The van der Waals surface area contributed by atoms with E-state index >= 15 is 26.3 Å². The fourth-order valence-electron chi connectivity index (χ4n) is 13.4. The Balaban J connectivity index is 0.000000171. The Hall–Kier alpha value is -12.4. The van der Waals surface area contributed by atoms with Crippen molar-refractivity contribution in [2.75, 3.05) is 67.1 Å². The molecule has 13 rings (SSSR count). The fourth-order valence-corrected chi connectivity index (χ4v) is 13.4. The average Bonchev–Trinajstić information content (AvgIpc) is 0.823. The number of fused-ring (bicyclic) bond motifs is 1. The Bertz CT molecular complexity index is 5070. The third-order valence-corrected chi connectivity index (χ3v) is 20.7. The van der Waals surface area contributed by atoms with Gasteiger partial charge in [-0.3, -0.25) is 33.6 Å². The van der Waals surface area contributed by atoms with Crippen molar-refractivity contribution in [1.82, 2.24) is 39.6 Å². The van der Waals surface area contributed by atoms with Crippen LogP contribution in [0.3, 0.4) is 0 Å². The maximum atomic E-state index is 15.0. The fraction of sp³-hybridized carbons (Fsp3) is 0.326. The third-order valence-electron chi connectivity index (χ3n) is 20.7. The molecule has 3 saturated heterocycles. The molecule has 0 spiro atoms. The quantitative estimate of drug-likeness (QED) is 0.0418. The standard InChI is InChI=1S/2C22H23F3N2O3.C21H17F4N5O2.C21H21F4N3O2/c2*1-13-3-4-15(20(29)26-16-5-6-19(23)14(2)11-16)12-18(13)22(24,25)21(30)27-9-7-17(28)8-10-27;1-12-8-14(3-5-17(12)22)27-19(31)13-2-4-18(23)16(9-13)21(24,25)20(32)29-6-7-30-15(11-29)10-26-28-30;1-12-11-14(3-4-16(12)22)26-20(30)18-6-5-17(23)19(27-18)21(24,25)13(2)28-9-7-15(29)8-10-28/h2*3-6,11-12,17,28H,7-10H2,1-2H3,(H,26,29);2-5,8-10H,6-7,11H2,1H3,(H,27,31);3-6,11,15,29H,2,7-10H2,1H3,(H,26,30). The zero-order chi connectivity index (χ0) is 89.2. The number of aromatic nitrogens is 4. The zero-order valence-corrected chi connectivity index (χ0v) is 66.5. The smallest absolute Gasteiger partial charge is 0.352 e. The number of aliphatic hydroxyl groups excluding tert-OH is 3. The van der Waals surface area contributed by atoms with E-state index in [2.05, 4.69) is 43.1 Å². The van der Waals surface area contributed by atoms with Gasteiger partial charge in [-0.15, -0.1) is 5.10 Å². The summed E-state index contributed by atoms with van der Waals surface area (Å²) in [6.07, 6.45) is 1.20. The number of benzene rings is 7. The van der Waals surface area contributed by atoms with Crippen molar-refractivity contribution in [3.05, 3.63) is 277 Å². The molecule has 22 nitrogen and oxygen atoms in total. The van der Waals surface area contributed by atoms with E-state index in [-0.39, 0.29) is 135 Å². The van der Waals surface area contributed by atoms with Crippen LogP contribution in [0, 0.1) is 76.4 Å². The SMILES string of the molecule is C=C(N1CCC(O)CC1)C(F)(F)c1nc(C(=O)Nc2ccc(F)c(C)c2)ccc1F.Cc1cc(NC(=O)c2ccc(C)c(C(F)(F)C(=O)N3CCC(O)CC3)c2)ccc1F.Cc1cc(NC(=O)c2ccc(C)c(C(F)(F)C(=O)N3CCC(O)CC3)c2)ccc1F.Cc1cc(NC(=O)c2ccc(F)c(C(F)(F)C(=O)N3CCn4nncc4C3)c2)ccc1F. The number of pyridine rings is 1. The van der Waals surface area contributed by atoms with E-state index in [1.807, 2.05) is 0 Å². The van der Waals surface area contributed by atoms with Gasteiger partial charge < -0.3 is 56.2 Å². The highest BCUT2D eigenvalue weighted by molar-refractivity contribution is 6.07. The molecule has 122 heavy (non-hydrogen) atoms. The van der Waals surface area contributed by atoms with E-state index in [0.29, 0.717) is 53.2 Å². The van der Waals surface area contributed by atoms with Crippen LogP contribution in [-0.2, 0) is 51.2 Å². The summed E-state index contributed by atoms with van der Waals surface area (Å²) >= 11 is 0. The lowest BCUT2D eigenvalue weighted by Gasteiger charge is -2.35. The molecule has 36 heteroatoms. The number of nitrogens with one attached hydrogen (secondary N) is 4. The molecule has 9 aromatic rings. The Kier molecular flexibility index (Phi) is 29.0. The number of rotatable bonds is 17. The second kappa shape index (κ2) is 38.5. The number of allylic oxidation sites excluding steroid dienone is 1. The first-order chi connectivity index (χ1) is 57.4. The predicted octanol–water partition coefficient (Wildman–Crippen LogP) is 14.8. The van der Waals surface area contributed by atoms with Gasteiger partial charge in [-0.1, -0.05) is 23.9 Å². The number of aliphatic hydroxyl groups is 3. The molecule has 6 heterocycles. The van der Waals surface area contributed by atoms with Gasteiger partial charge in [0.1, 0.15) is 34.8 Å². The first kappa shape index (κ1) is 91.9. The van der Waals surface area contributed by atoms with Crippen LogP contribution in [0.4, 0.5) is 84.2 Å². The van der Waals surface area contributed by atoms with Crippen molar-refractivity contribution < 1.29 is 110 Å². The molecule has 7 aromatic carbocycles. The van der Waals surface area contributed by atoms with Gasteiger partial charge in [0.25, 0.3) is 41.4 Å². The summed E-state index contributed by atoms with van der Waals surface area (Å²) in [4.78, 5) is 95.3. The molecule has 7 N–H and O–H groups in total. The van der Waals surface area contributed by atoms with E-state index < -0.39 is 152 Å². The number of alkyl halides is 8. The van der Waals surface area contributed by atoms with Crippen molar-refractivity contribution in [3.8, 4) is 0 Å². The minimum atomic E-state index is -4.21. The second-order valence-corrected chi connectivity index (χ2v) is 29.6.